The van der Waals surface area contributed by atoms with Crippen molar-refractivity contribution in [2.75, 3.05) is 0 Å². The second-order valence-electron chi connectivity index (χ2n) is 2.53. The van der Waals surface area contributed by atoms with Crippen LogP contribution in [0.5, 0.6) is 0 Å². The molecule has 0 saturated heterocycles. The molecule has 0 amide bonds. The molecule has 0 bridgehead atoms. The molecule has 3 nitrogen and oxygen atoms in total. The fourth-order valence-electron chi connectivity index (χ4n) is 0.848. The summed E-state index contributed by atoms with van der Waals surface area (Å²) >= 11 is 0. The molecule has 62 valence electrons. The van der Waals surface area contributed by atoms with Crippen LogP contribution in [0.2, 0.25) is 0 Å². The molecule has 0 rings (SSSR count). The van der Waals surface area contributed by atoms with Gasteiger partial charge in [-0.2, -0.15) is 0 Å². The molecule has 0 heterocycles. The number of nitrogens with two attached hydrogens (primary N) is 1. The molecule has 1 unspecified atom stereocenters. The SMILES string of the molecule is CCCCCCC(O)NN. The second-order valence-corrected chi connectivity index (χ2v) is 2.53. The highest BCUT2D eigenvalue weighted by Crippen LogP contribution is 2.03. The minimum absolute atomic E-state index is 0.517. The second kappa shape index (κ2) is 6.99. The molecule has 0 radical (unpaired) electrons. The minimum Gasteiger partial charge on any atom is -0.377 e. The first-order chi connectivity index (χ1) is 4.81. The van der Waals surface area contributed by atoms with E-state index in [-0.39, 0.29) is 0 Å². The van der Waals surface area contributed by atoms with Gasteiger partial charge >= 0.3 is 0 Å². The van der Waals surface area contributed by atoms with Gasteiger partial charge in [0.05, 0.1) is 0 Å². The van der Waals surface area contributed by atoms with Crippen molar-refractivity contribution in [1.29, 1.82) is 0 Å². The van der Waals surface area contributed by atoms with Gasteiger partial charge in [-0.15, -0.1) is 0 Å². The van der Waals surface area contributed by atoms with Gasteiger partial charge in [0.25, 0.3) is 0 Å². The van der Waals surface area contributed by atoms with E-state index in [1.165, 1.54) is 19.3 Å². The number of hydrogen-bond acceptors (Lipinski definition) is 3. The number of hydrazine groups is 1. The molecule has 0 aromatic carbocycles. The quantitative estimate of drug-likeness (QED) is 0.224. The Labute approximate surface area is 62.6 Å². The zero-order chi connectivity index (χ0) is 7.82. The first kappa shape index (κ1) is 9.88. The van der Waals surface area contributed by atoms with Crippen molar-refractivity contribution in [2.45, 2.75) is 45.3 Å². The first-order valence-corrected chi connectivity index (χ1v) is 3.95. The van der Waals surface area contributed by atoms with Crippen LogP contribution in [0.15, 0.2) is 0 Å². The van der Waals surface area contributed by atoms with Crippen molar-refractivity contribution < 1.29 is 5.11 Å². The summed E-state index contributed by atoms with van der Waals surface area (Å²) in [5, 5.41) is 8.92. The Hall–Kier alpha value is -0.120. The topological polar surface area (TPSA) is 58.3 Å². The van der Waals surface area contributed by atoms with Crippen LogP contribution < -0.4 is 11.3 Å². The standard InChI is InChI=1S/C7H18N2O/c1-2-3-4-5-6-7(10)9-8/h7,9-10H,2-6,8H2,1H3. The van der Waals surface area contributed by atoms with Crippen molar-refractivity contribution in [2.24, 2.45) is 5.84 Å². The maximum Gasteiger partial charge on any atom is 0.116 e. The van der Waals surface area contributed by atoms with Gasteiger partial charge in [-0.25, -0.2) is 5.43 Å². The van der Waals surface area contributed by atoms with E-state index in [0.717, 1.165) is 12.8 Å². The van der Waals surface area contributed by atoms with Gasteiger partial charge in [0.2, 0.25) is 0 Å². The zero-order valence-electron chi connectivity index (χ0n) is 6.64. The van der Waals surface area contributed by atoms with Gasteiger partial charge < -0.3 is 5.11 Å². The van der Waals surface area contributed by atoms with Gasteiger partial charge in [0, 0.05) is 0 Å². The zero-order valence-corrected chi connectivity index (χ0v) is 6.64. The molecule has 0 saturated carbocycles. The Morgan fingerprint density at radius 3 is 2.60 bits per heavy atom. The average Bonchev–Trinajstić information content (AvgIpc) is 1.98. The van der Waals surface area contributed by atoms with Crippen LogP contribution >= 0.6 is 0 Å². The van der Waals surface area contributed by atoms with Crippen molar-refractivity contribution in [3.63, 3.8) is 0 Å². The summed E-state index contributed by atoms with van der Waals surface area (Å²) in [4.78, 5) is 0. The lowest BCUT2D eigenvalue weighted by Gasteiger charge is -2.06. The van der Waals surface area contributed by atoms with E-state index >= 15 is 0 Å². The summed E-state index contributed by atoms with van der Waals surface area (Å²) in [5.41, 5.74) is 2.30. The van der Waals surface area contributed by atoms with E-state index < -0.39 is 6.23 Å². The van der Waals surface area contributed by atoms with E-state index in [0.29, 0.717) is 0 Å². The normalized spacial score (nSPS) is 13.5. The van der Waals surface area contributed by atoms with Gasteiger partial charge in [-0.1, -0.05) is 26.2 Å². The molecule has 1 atom stereocenters. The first-order valence-electron chi connectivity index (χ1n) is 3.95. The summed E-state index contributed by atoms with van der Waals surface area (Å²) in [5.74, 6) is 4.99. The molecule has 0 aliphatic rings. The highest BCUT2D eigenvalue weighted by Gasteiger charge is 1.97. The van der Waals surface area contributed by atoms with Crippen molar-refractivity contribution >= 4 is 0 Å². The largest absolute Gasteiger partial charge is 0.377 e. The molecule has 0 aromatic rings. The lowest BCUT2D eigenvalue weighted by atomic mass is 10.1. The summed E-state index contributed by atoms with van der Waals surface area (Å²) in [6.07, 6.45) is 4.96. The van der Waals surface area contributed by atoms with Crippen molar-refractivity contribution in [3.05, 3.63) is 0 Å². The molecule has 0 aliphatic heterocycles. The van der Waals surface area contributed by atoms with Crippen LogP contribution in [0.4, 0.5) is 0 Å². The number of aliphatic hydroxyl groups excluding tert-OH is 1. The molecule has 0 aliphatic carbocycles. The van der Waals surface area contributed by atoms with Gasteiger partial charge in [0.15, 0.2) is 0 Å². The van der Waals surface area contributed by atoms with E-state index in [2.05, 4.69) is 12.3 Å². The Morgan fingerprint density at radius 2 is 2.10 bits per heavy atom. The fourth-order valence-corrected chi connectivity index (χ4v) is 0.848. The van der Waals surface area contributed by atoms with Crippen molar-refractivity contribution in [1.82, 2.24) is 5.43 Å². The van der Waals surface area contributed by atoms with Crippen LogP contribution in [0.25, 0.3) is 0 Å². The summed E-state index contributed by atoms with van der Waals surface area (Å²) in [7, 11) is 0. The Bertz CT molecular complexity index is 68.6. The molecular weight excluding hydrogens is 128 g/mol. The summed E-state index contributed by atoms with van der Waals surface area (Å²) in [6, 6.07) is 0. The number of aliphatic hydroxyl groups is 1. The molecule has 3 heteroatoms. The van der Waals surface area contributed by atoms with E-state index in [9.17, 15) is 0 Å². The van der Waals surface area contributed by atoms with Gasteiger partial charge in [0.1, 0.15) is 6.23 Å². The highest BCUT2D eigenvalue weighted by atomic mass is 16.3. The maximum absolute atomic E-state index is 8.92. The third-order valence-electron chi connectivity index (χ3n) is 1.52. The van der Waals surface area contributed by atoms with Crippen LogP contribution in [0.1, 0.15) is 39.0 Å². The molecule has 0 fully saturated rings. The Balaban J connectivity index is 2.89. The van der Waals surface area contributed by atoms with Crippen LogP contribution in [0.3, 0.4) is 0 Å². The number of unbranched alkanes of at least 4 members (excludes halogenated alkanes) is 3. The molecule has 10 heavy (non-hydrogen) atoms. The third kappa shape index (κ3) is 6.01. The van der Waals surface area contributed by atoms with Gasteiger partial charge in [-0.05, 0) is 12.8 Å². The number of nitrogens with one attached hydrogen (secondary N) is 1. The van der Waals surface area contributed by atoms with Crippen molar-refractivity contribution in [3.8, 4) is 0 Å². The molecule has 0 spiro atoms. The van der Waals surface area contributed by atoms with Crippen LogP contribution in [-0.2, 0) is 0 Å². The predicted octanol–water partition coefficient (Wildman–Crippen LogP) is 0.738. The summed E-state index contributed by atoms with van der Waals surface area (Å²) in [6.45, 7) is 2.16. The van der Waals surface area contributed by atoms with Crippen LogP contribution in [0, 0.1) is 0 Å². The molecule has 4 N–H and O–H groups in total. The number of hydrogen-bond donors (Lipinski definition) is 3. The average molecular weight is 146 g/mol. The smallest absolute Gasteiger partial charge is 0.116 e. The summed E-state index contributed by atoms with van der Waals surface area (Å²) < 4.78 is 0. The fraction of sp³-hybridized carbons (Fsp3) is 1.00. The van der Waals surface area contributed by atoms with Gasteiger partial charge in [-0.3, -0.25) is 5.84 Å². The third-order valence-corrected chi connectivity index (χ3v) is 1.52. The highest BCUT2D eigenvalue weighted by molar-refractivity contribution is 4.48. The minimum atomic E-state index is -0.517. The Kier molecular flexibility index (Phi) is 6.91. The van der Waals surface area contributed by atoms with E-state index in [1.807, 2.05) is 0 Å². The van der Waals surface area contributed by atoms with E-state index in [4.69, 9.17) is 10.9 Å². The lowest BCUT2D eigenvalue weighted by Crippen LogP contribution is -2.34. The lowest BCUT2D eigenvalue weighted by molar-refractivity contribution is 0.125. The molecule has 0 aromatic heterocycles. The van der Waals surface area contributed by atoms with Crippen LogP contribution in [-0.4, -0.2) is 11.3 Å². The predicted molar refractivity (Wildman–Crippen MR) is 42.1 cm³/mol. The monoisotopic (exact) mass is 146 g/mol. The van der Waals surface area contributed by atoms with E-state index in [1.54, 1.807) is 0 Å². The maximum atomic E-state index is 8.92. The number of rotatable bonds is 6. The Morgan fingerprint density at radius 1 is 1.40 bits per heavy atom. The molecular formula is C7H18N2O.